The number of nitrogens with one attached hydrogen (secondary N) is 1. The molecule has 130 valence electrons. The van der Waals surface area contributed by atoms with E-state index in [0.717, 1.165) is 17.6 Å². The molecule has 3 aliphatic rings. The standard InChI is InChI=1S/C21H18N2O3/c24-19-17-12-10-14(18(17)20(25)23-19)15(11-12)21(26,13-6-2-1-3-7-13)16-8-4-5-9-22-16/h1-9,11-12,14,17-18,26H,10H2,(H,23,24,25)/t12-,14+,17-,18+,21?/m1/s1. The molecule has 1 saturated carbocycles. The van der Waals surface area contributed by atoms with Crippen molar-refractivity contribution in [2.45, 2.75) is 12.0 Å². The second kappa shape index (κ2) is 5.35. The van der Waals surface area contributed by atoms with Crippen LogP contribution in [0, 0.1) is 23.7 Å². The topological polar surface area (TPSA) is 79.3 Å². The second-order valence-corrected chi connectivity index (χ2v) is 7.32. The molecule has 2 heterocycles. The number of hydrogen-bond donors (Lipinski definition) is 2. The average molecular weight is 346 g/mol. The molecule has 2 fully saturated rings. The molecule has 1 saturated heterocycles. The molecule has 5 atom stereocenters. The predicted octanol–water partition coefficient (Wildman–Crippen LogP) is 1.78. The molecule has 2 aromatic rings. The number of hydrogen-bond acceptors (Lipinski definition) is 4. The maximum atomic E-state index is 12.3. The van der Waals surface area contributed by atoms with Gasteiger partial charge in [-0.05, 0) is 41.5 Å². The molecule has 2 N–H and O–H groups in total. The van der Waals surface area contributed by atoms with Crippen molar-refractivity contribution in [1.29, 1.82) is 0 Å². The Morgan fingerprint density at radius 3 is 2.46 bits per heavy atom. The molecule has 26 heavy (non-hydrogen) atoms. The largest absolute Gasteiger partial charge is 0.375 e. The Balaban J connectivity index is 1.67. The van der Waals surface area contributed by atoms with Crippen LogP contribution >= 0.6 is 0 Å². The van der Waals surface area contributed by atoms with Crippen LogP contribution in [0.3, 0.4) is 0 Å². The summed E-state index contributed by atoms with van der Waals surface area (Å²) in [6.07, 6.45) is 4.39. The highest BCUT2D eigenvalue weighted by Crippen LogP contribution is 2.58. The van der Waals surface area contributed by atoms with Crippen LogP contribution in [0.2, 0.25) is 0 Å². The maximum absolute atomic E-state index is 12.3. The van der Waals surface area contributed by atoms with Gasteiger partial charge < -0.3 is 5.11 Å². The van der Waals surface area contributed by atoms with Gasteiger partial charge in [0.05, 0.1) is 17.5 Å². The van der Waals surface area contributed by atoms with Crippen molar-refractivity contribution in [3.8, 4) is 0 Å². The Kier molecular flexibility index (Phi) is 3.18. The van der Waals surface area contributed by atoms with Crippen molar-refractivity contribution >= 4 is 11.8 Å². The zero-order chi connectivity index (χ0) is 17.9. The molecule has 5 heteroatoms. The number of aliphatic hydroxyl groups is 1. The fraction of sp³-hybridized carbons (Fsp3) is 0.286. The first-order chi connectivity index (χ1) is 12.6. The van der Waals surface area contributed by atoms with Gasteiger partial charge >= 0.3 is 0 Å². The Hall–Kier alpha value is -2.79. The number of amides is 2. The van der Waals surface area contributed by atoms with Gasteiger partial charge in [0.25, 0.3) is 0 Å². The summed E-state index contributed by atoms with van der Waals surface area (Å²) in [6.45, 7) is 0. The quantitative estimate of drug-likeness (QED) is 0.656. The molecule has 1 aromatic heterocycles. The molecule has 2 bridgehead atoms. The highest BCUT2D eigenvalue weighted by atomic mass is 16.3. The van der Waals surface area contributed by atoms with Crippen molar-refractivity contribution < 1.29 is 14.7 Å². The number of aromatic nitrogens is 1. The van der Waals surface area contributed by atoms with Crippen LogP contribution in [0.15, 0.2) is 66.4 Å². The molecule has 1 aliphatic heterocycles. The average Bonchev–Trinajstić information content (AvgIpc) is 3.35. The van der Waals surface area contributed by atoms with E-state index in [1.165, 1.54) is 0 Å². The fourth-order valence-corrected chi connectivity index (χ4v) is 5.05. The molecule has 2 amide bonds. The van der Waals surface area contributed by atoms with Crippen molar-refractivity contribution in [2.75, 3.05) is 0 Å². The fourth-order valence-electron chi connectivity index (χ4n) is 5.05. The lowest BCUT2D eigenvalue weighted by Gasteiger charge is -2.35. The predicted molar refractivity (Wildman–Crippen MR) is 93.5 cm³/mol. The van der Waals surface area contributed by atoms with Gasteiger partial charge in [0.2, 0.25) is 11.8 Å². The zero-order valence-electron chi connectivity index (χ0n) is 14.0. The highest BCUT2D eigenvalue weighted by Gasteiger charge is 2.61. The van der Waals surface area contributed by atoms with Gasteiger partial charge in [-0.25, -0.2) is 0 Å². The Morgan fingerprint density at radius 1 is 1.00 bits per heavy atom. The van der Waals surface area contributed by atoms with Crippen molar-refractivity contribution in [3.05, 3.63) is 77.6 Å². The molecule has 0 spiro atoms. The van der Waals surface area contributed by atoms with Crippen molar-refractivity contribution in [1.82, 2.24) is 10.3 Å². The van der Waals surface area contributed by atoms with Crippen LogP contribution < -0.4 is 5.32 Å². The monoisotopic (exact) mass is 346 g/mol. The lowest BCUT2D eigenvalue weighted by molar-refractivity contribution is -0.126. The number of rotatable bonds is 3. The number of imide groups is 1. The summed E-state index contributed by atoms with van der Waals surface area (Å²) in [5, 5.41) is 14.4. The van der Waals surface area contributed by atoms with E-state index in [4.69, 9.17) is 0 Å². The minimum Gasteiger partial charge on any atom is -0.375 e. The van der Waals surface area contributed by atoms with Crippen LogP contribution in [0.5, 0.6) is 0 Å². The molecule has 1 aromatic carbocycles. The van der Waals surface area contributed by atoms with Crippen molar-refractivity contribution in [2.24, 2.45) is 23.7 Å². The SMILES string of the molecule is O=C1NC(=O)[C@H]2[C@@H]1[C@H]1C[C@@H]2C=C1C(O)(c1ccccc1)c1ccccn1. The van der Waals surface area contributed by atoms with Gasteiger partial charge in [-0.1, -0.05) is 42.5 Å². The minimum atomic E-state index is -1.40. The molecular formula is C21H18N2O3. The van der Waals surface area contributed by atoms with E-state index in [1.807, 2.05) is 48.5 Å². The summed E-state index contributed by atoms with van der Waals surface area (Å²) in [4.78, 5) is 28.9. The molecule has 5 rings (SSSR count). The van der Waals surface area contributed by atoms with Crippen LogP contribution in [-0.4, -0.2) is 21.9 Å². The van der Waals surface area contributed by atoms with E-state index in [-0.39, 0.29) is 35.5 Å². The zero-order valence-corrected chi connectivity index (χ0v) is 14.0. The first-order valence-electron chi connectivity index (χ1n) is 8.87. The highest BCUT2D eigenvalue weighted by molar-refractivity contribution is 6.06. The number of carbonyl (C=O) groups excluding carboxylic acids is 2. The Morgan fingerprint density at radius 2 is 1.73 bits per heavy atom. The van der Waals surface area contributed by atoms with Gasteiger partial charge in [-0.3, -0.25) is 19.9 Å². The number of pyridine rings is 1. The number of fused-ring (bicyclic) bond motifs is 5. The number of allylic oxidation sites excluding steroid dienone is 1. The number of nitrogens with zero attached hydrogens (tertiary/aromatic N) is 1. The van der Waals surface area contributed by atoms with Crippen LogP contribution in [0.25, 0.3) is 0 Å². The van der Waals surface area contributed by atoms with Gasteiger partial charge in [-0.2, -0.15) is 0 Å². The van der Waals surface area contributed by atoms with Gasteiger partial charge in [0.1, 0.15) is 0 Å². The summed E-state index contributed by atoms with van der Waals surface area (Å²) in [5.74, 6) is -1.22. The second-order valence-electron chi connectivity index (χ2n) is 7.32. The molecule has 2 aliphatic carbocycles. The molecular weight excluding hydrogens is 328 g/mol. The third-order valence-corrected chi connectivity index (χ3v) is 6.10. The summed E-state index contributed by atoms with van der Waals surface area (Å²) >= 11 is 0. The summed E-state index contributed by atoms with van der Waals surface area (Å²) in [5.41, 5.74) is 0.641. The van der Waals surface area contributed by atoms with E-state index in [9.17, 15) is 14.7 Å². The van der Waals surface area contributed by atoms with E-state index < -0.39 is 5.60 Å². The van der Waals surface area contributed by atoms with E-state index >= 15 is 0 Å². The number of carbonyl (C=O) groups is 2. The smallest absolute Gasteiger partial charge is 0.231 e. The Labute approximate surface area is 150 Å². The minimum absolute atomic E-state index is 0.00889. The van der Waals surface area contributed by atoms with Crippen LogP contribution in [0.4, 0.5) is 0 Å². The number of benzene rings is 1. The summed E-state index contributed by atoms with van der Waals surface area (Å²) in [7, 11) is 0. The van der Waals surface area contributed by atoms with E-state index in [1.54, 1.807) is 12.3 Å². The van der Waals surface area contributed by atoms with Gasteiger partial charge in [0, 0.05) is 6.20 Å². The normalized spacial score (nSPS) is 31.3. The first kappa shape index (κ1) is 15.5. The molecule has 0 radical (unpaired) electrons. The summed E-state index contributed by atoms with van der Waals surface area (Å²) < 4.78 is 0. The van der Waals surface area contributed by atoms with Crippen LogP contribution in [-0.2, 0) is 15.2 Å². The lowest BCUT2D eigenvalue weighted by atomic mass is 9.71. The van der Waals surface area contributed by atoms with E-state index in [0.29, 0.717) is 5.69 Å². The third kappa shape index (κ3) is 1.92. The maximum Gasteiger partial charge on any atom is 0.231 e. The molecule has 1 unspecified atom stereocenters. The Bertz CT molecular complexity index is 883. The van der Waals surface area contributed by atoms with Crippen LogP contribution in [0.1, 0.15) is 17.7 Å². The van der Waals surface area contributed by atoms with Gasteiger partial charge in [0.15, 0.2) is 5.60 Å². The first-order valence-corrected chi connectivity index (χ1v) is 8.87. The third-order valence-electron chi connectivity index (χ3n) is 6.10. The van der Waals surface area contributed by atoms with Gasteiger partial charge in [-0.15, -0.1) is 0 Å². The van der Waals surface area contributed by atoms with Crippen molar-refractivity contribution in [3.63, 3.8) is 0 Å². The molecule has 5 nitrogen and oxygen atoms in total. The van der Waals surface area contributed by atoms with E-state index in [2.05, 4.69) is 10.3 Å². The summed E-state index contributed by atoms with van der Waals surface area (Å²) in [6, 6.07) is 14.9. The lowest BCUT2D eigenvalue weighted by Crippen LogP contribution is -2.37.